The van der Waals surface area contributed by atoms with Crippen LogP contribution in [0.5, 0.6) is 5.75 Å². The molecule has 0 spiro atoms. The summed E-state index contributed by atoms with van der Waals surface area (Å²) in [4.78, 5) is 27.4. The smallest absolute Gasteiger partial charge is 0.220 e. The monoisotopic (exact) mass is 410 g/mol. The quantitative estimate of drug-likeness (QED) is 0.609. The highest BCUT2D eigenvalue weighted by atomic mass is 16.5. The molecular weight excluding hydrogens is 380 g/mol. The Morgan fingerprint density at radius 3 is 2.40 bits per heavy atom. The summed E-state index contributed by atoms with van der Waals surface area (Å²) in [6, 6.07) is 16.9. The van der Waals surface area contributed by atoms with Gasteiger partial charge in [0.1, 0.15) is 5.75 Å². The summed E-state index contributed by atoms with van der Waals surface area (Å²) in [6.45, 7) is 6.37. The number of ketones is 1. The van der Waals surface area contributed by atoms with E-state index in [0.717, 1.165) is 30.9 Å². The van der Waals surface area contributed by atoms with E-state index in [0.29, 0.717) is 25.4 Å². The fraction of sp³-hybridized carbons (Fsp3) is 0.417. The predicted octanol–water partition coefficient (Wildman–Crippen LogP) is 3.24. The molecule has 1 N–H and O–H groups in total. The molecule has 0 bridgehead atoms. The summed E-state index contributed by atoms with van der Waals surface area (Å²) in [5.41, 5.74) is 1.66. The summed E-state index contributed by atoms with van der Waals surface area (Å²) in [7, 11) is 0. The van der Waals surface area contributed by atoms with E-state index in [-0.39, 0.29) is 30.6 Å². The number of Topliss-reactive ketones (excluding diaryl/α,β-unsaturated/α-hetero) is 1. The third-order valence-electron chi connectivity index (χ3n) is 5.15. The summed E-state index contributed by atoms with van der Waals surface area (Å²) in [5, 5.41) is 3.12. The number of benzene rings is 2. The summed E-state index contributed by atoms with van der Waals surface area (Å²) < 4.78 is 10.8. The van der Waals surface area contributed by atoms with Gasteiger partial charge in [0.2, 0.25) is 5.91 Å². The Labute approximate surface area is 178 Å². The van der Waals surface area contributed by atoms with Crippen LogP contribution in [0.3, 0.4) is 0 Å². The molecule has 1 saturated heterocycles. The number of carbonyl (C=O) groups is 2. The number of carbonyl (C=O) groups excluding carboxylic acids is 2. The zero-order chi connectivity index (χ0) is 21.2. The third kappa shape index (κ3) is 6.68. The van der Waals surface area contributed by atoms with Crippen LogP contribution in [0.25, 0.3) is 0 Å². The third-order valence-corrected chi connectivity index (χ3v) is 5.15. The molecule has 1 aliphatic rings. The van der Waals surface area contributed by atoms with Crippen LogP contribution >= 0.6 is 0 Å². The molecule has 30 heavy (non-hydrogen) atoms. The molecule has 1 aliphatic heterocycles. The van der Waals surface area contributed by atoms with Gasteiger partial charge >= 0.3 is 0 Å². The van der Waals surface area contributed by atoms with E-state index in [4.69, 9.17) is 9.47 Å². The molecule has 1 unspecified atom stereocenters. The molecule has 6 nitrogen and oxygen atoms in total. The van der Waals surface area contributed by atoms with Gasteiger partial charge in [0.05, 0.1) is 25.9 Å². The van der Waals surface area contributed by atoms with E-state index < -0.39 is 0 Å². The zero-order valence-corrected chi connectivity index (χ0v) is 17.5. The van der Waals surface area contributed by atoms with Gasteiger partial charge in [-0.05, 0) is 36.8 Å². The van der Waals surface area contributed by atoms with E-state index in [1.165, 1.54) is 0 Å². The highest BCUT2D eigenvalue weighted by Gasteiger charge is 2.20. The fourth-order valence-electron chi connectivity index (χ4n) is 3.50. The van der Waals surface area contributed by atoms with Gasteiger partial charge in [-0.25, -0.2) is 0 Å². The van der Waals surface area contributed by atoms with Crippen molar-refractivity contribution in [3.8, 4) is 5.75 Å². The van der Waals surface area contributed by atoms with Crippen LogP contribution < -0.4 is 10.1 Å². The first kappa shape index (κ1) is 22.0. The van der Waals surface area contributed by atoms with Crippen LogP contribution in [0.4, 0.5) is 0 Å². The lowest BCUT2D eigenvalue weighted by Gasteiger charge is -2.31. The maximum Gasteiger partial charge on any atom is 0.220 e. The van der Waals surface area contributed by atoms with Crippen molar-refractivity contribution in [3.05, 3.63) is 65.7 Å². The van der Waals surface area contributed by atoms with Gasteiger partial charge in [-0.3, -0.25) is 14.5 Å². The van der Waals surface area contributed by atoms with E-state index in [1.807, 2.05) is 37.3 Å². The number of nitrogens with zero attached hydrogens (tertiary/aromatic N) is 1. The molecule has 6 heteroatoms. The van der Waals surface area contributed by atoms with Crippen LogP contribution in [0.2, 0.25) is 0 Å². The standard InChI is InChI=1S/C24H30N2O4/c1-2-30-21-10-8-20(9-11-21)23(27)12-13-24(28)25-22(19-6-4-3-5-7-19)18-26-14-16-29-17-15-26/h3-11,22H,2,12-18H2,1H3,(H,25,28). The summed E-state index contributed by atoms with van der Waals surface area (Å²) in [6.07, 6.45) is 0.345. The van der Waals surface area contributed by atoms with E-state index >= 15 is 0 Å². The van der Waals surface area contributed by atoms with E-state index in [2.05, 4.69) is 10.2 Å². The number of hydrogen-bond acceptors (Lipinski definition) is 5. The fourth-order valence-corrected chi connectivity index (χ4v) is 3.50. The molecule has 2 aromatic carbocycles. The largest absolute Gasteiger partial charge is 0.494 e. The average molecular weight is 411 g/mol. The second-order valence-corrected chi connectivity index (χ2v) is 7.32. The molecular formula is C24H30N2O4. The van der Waals surface area contributed by atoms with Crippen LogP contribution in [-0.2, 0) is 9.53 Å². The number of morpholine rings is 1. The molecule has 0 aliphatic carbocycles. The molecule has 160 valence electrons. The molecule has 1 fully saturated rings. The Hall–Kier alpha value is -2.70. The van der Waals surface area contributed by atoms with Gasteiger partial charge in [0.25, 0.3) is 0 Å². The maximum atomic E-state index is 12.6. The summed E-state index contributed by atoms with van der Waals surface area (Å²) >= 11 is 0. The molecule has 1 amide bonds. The molecule has 0 aromatic heterocycles. The number of hydrogen-bond donors (Lipinski definition) is 1. The summed E-state index contributed by atoms with van der Waals surface area (Å²) in [5.74, 6) is 0.578. The lowest BCUT2D eigenvalue weighted by atomic mass is 10.0. The van der Waals surface area contributed by atoms with Crippen molar-refractivity contribution < 1.29 is 19.1 Å². The first-order chi connectivity index (χ1) is 14.7. The highest BCUT2D eigenvalue weighted by Crippen LogP contribution is 2.17. The Kier molecular flexibility index (Phi) is 8.41. The van der Waals surface area contributed by atoms with Gasteiger partial charge in [0, 0.05) is 38.0 Å². The Morgan fingerprint density at radius 2 is 1.73 bits per heavy atom. The van der Waals surface area contributed by atoms with Crippen molar-refractivity contribution in [1.82, 2.24) is 10.2 Å². The van der Waals surface area contributed by atoms with Crippen LogP contribution in [-0.4, -0.2) is 56.0 Å². The highest BCUT2D eigenvalue weighted by molar-refractivity contribution is 5.98. The number of rotatable bonds is 10. The topological polar surface area (TPSA) is 67.9 Å². The molecule has 1 atom stereocenters. The van der Waals surface area contributed by atoms with Gasteiger partial charge in [-0.2, -0.15) is 0 Å². The first-order valence-corrected chi connectivity index (χ1v) is 10.6. The minimum atomic E-state index is -0.114. The van der Waals surface area contributed by atoms with Gasteiger partial charge in [-0.15, -0.1) is 0 Å². The lowest BCUT2D eigenvalue weighted by Crippen LogP contribution is -2.43. The molecule has 3 rings (SSSR count). The lowest BCUT2D eigenvalue weighted by molar-refractivity contribution is -0.122. The van der Waals surface area contributed by atoms with Crippen molar-refractivity contribution in [2.75, 3.05) is 39.5 Å². The Morgan fingerprint density at radius 1 is 1.03 bits per heavy atom. The van der Waals surface area contributed by atoms with Crippen molar-refractivity contribution in [2.24, 2.45) is 0 Å². The number of ether oxygens (including phenoxy) is 2. The van der Waals surface area contributed by atoms with Crippen LogP contribution in [0.1, 0.15) is 41.7 Å². The second-order valence-electron chi connectivity index (χ2n) is 7.32. The zero-order valence-electron chi connectivity index (χ0n) is 17.5. The Balaban J connectivity index is 1.55. The van der Waals surface area contributed by atoms with Crippen molar-refractivity contribution in [1.29, 1.82) is 0 Å². The minimum absolute atomic E-state index is 0.0439. The van der Waals surface area contributed by atoms with Gasteiger partial charge in [-0.1, -0.05) is 30.3 Å². The second kappa shape index (κ2) is 11.5. The van der Waals surface area contributed by atoms with Gasteiger partial charge < -0.3 is 14.8 Å². The van der Waals surface area contributed by atoms with Crippen molar-refractivity contribution >= 4 is 11.7 Å². The maximum absolute atomic E-state index is 12.6. The first-order valence-electron chi connectivity index (χ1n) is 10.6. The minimum Gasteiger partial charge on any atom is -0.494 e. The molecule has 0 saturated carbocycles. The van der Waals surface area contributed by atoms with E-state index in [9.17, 15) is 9.59 Å². The molecule has 1 heterocycles. The van der Waals surface area contributed by atoms with Crippen molar-refractivity contribution in [2.45, 2.75) is 25.8 Å². The van der Waals surface area contributed by atoms with Crippen molar-refractivity contribution in [3.63, 3.8) is 0 Å². The van der Waals surface area contributed by atoms with Crippen LogP contribution in [0.15, 0.2) is 54.6 Å². The average Bonchev–Trinajstić information content (AvgIpc) is 2.79. The normalized spacial score (nSPS) is 15.4. The SMILES string of the molecule is CCOc1ccc(C(=O)CCC(=O)NC(CN2CCOCC2)c2ccccc2)cc1. The van der Waals surface area contributed by atoms with Gasteiger partial charge in [0.15, 0.2) is 5.78 Å². The van der Waals surface area contributed by atoms with E-state index in [1.54, 1.807) is 24.3 Å². The Bertz CT molecular complexity index is 802. The number of amides is 1. The molecule has 2 aromatic rings. The predicted molar refractivity (Wildman–Crippen MR) is 116 cm³/mol. The number of nitrogens with one attached hydrogen (secondary N) is 1. The molecule has 0 radical (unpaired) electrons. The van der Waals surface area contributed by atoms with Crippen LogP contribution in [0, 0.1) is 0 Å².